The van der Waals surface area contributed by atoms with Gasteiger partial charge in [0.2, 0.25) is 0 Å². The van der Waals surface area contributed by atoms with Gasteiger partial charge in [-0.1, -0.05) is 20.8 Å². The molecule has 2 N–H and O–H groups in total. The molecule has 0 atom stereocenters. The average molecular weight is 130 g/mol. The second kappa shape index (κ2) is 15.6. The first-order valence-corrected chi connectivity index (χ1v) is 3.53. The molecule has 2 nitrogen and oxygen atoms in total. The standard InChI is InChI=1S/C4H11N.C3H7N/c1-3-5-4-2;1-2-3-4/h5H,3-4H2,1-2H3;3-4H,2H2,1H3. The third-order valence-electron chi connectivity index (χ3n) is 0.704. The van der Waals surface area contributed by atoms with Crippen LogP contribution in [0.2, 0.25) is 0 Å². The molecule has 0 unspecified atom stereocenters. The van der Waals surface area contributed by atoms with Gasteiger partial charge in [-0.25, -0.2) is 0 Å². The lowest BCUT2D eigenvalue weighted by atomic mass is 10.6. The second-order valence-electron chi connectivity index (χ2n) is 1.57. The summed E-state index contributed by atoms with van der Waals surface area (Å²) in [5.41, 5.74) is 0. The largest absolute Gasteiger partial charge is 0.317 e. The summed E-state index contributed by atoms with van der Waals surface area (Å²) in [7, 11) is 0. The van der Waals surface area contributed by atoms with Crippen molar-refractivity contribution in [3.05, 3.63) is 0 Å². The molecule has 0 radical (unpaired) electrons. The number of nitrogens with one attached hydrogen (secondary N) is 2. The van der Waals surface area contributed by atoms with Crippen LogP contribution in [0.1, 0.15) is 27.2 Å². The molecule has 0 rings (SSSR count). The topological polar surface area (TPSA) is 35.9 Å². The van der Waals surface area contributed by atoms with Crippen LogP contribution in [0.25, 0.3) is 0 Å². The highest BCUT2D eigenvalue weighted by molar-refractivity contribution is 5.51. The lowest BCUT2D eigenvalue weighted by molar-refractivity contribution is 0.762. The third kappa shape index (κ3) is 35.0. The Morgan fingerprint density at radius 3 is 1.56 bits per heavy atom. The molecule has 0 aromatic rings. The molecule has 0 saturated heterocycles. The lowest BCUT2D eigenvalue weighted by Crippen LogP contribution is -2.09. The van der Waals surface area contributed by atoms with Crippen LogP contribution in [0.5, 0.6) is 0 Å². The van der Waals surface area contributed by atoms with E-state index in [1.807, 2.05) is 6.92 Å². The molecule has 0 amide bonds. The summed E-state index contributed by atoms with van der Waals surface area (Å²) in [5.74, 6) is 0. The minimum absolute atomic E-state index is 0.861. The summed E-state index contributed by atoms with van der Waals surface area (Å²) in [6, 6.07) is 0. The molecule has 0 aromatic carbocycles. The lowest BCUT2D eigenvalue weighted by Gasteiger charge is -1.86. The van der Waals surface area contributed by atoms with Crippen LogP contribution >= 0.6 is 0 Å². The van der Waals surface area contributed by atoms with Gasteiger partial charge in [0.15, 0.2) is 0 Å². The quantitative estimate of drug-likeness (QED) is 0.560. The molecular weight excluding hydrogens is 112 g/mol. The van der Waals surface area contributed by atoms with Crippen molar-refractivity contribution in [3.8, 4) is 0 Å². The molecular formula is C7H18N2. The molecule has 0 aliphatic rings. The Hall–Kier alpha value is -0.370. The van der Waals surface area contributed by atoms with Crippen molar-refractivity contribution < 1.29 is 0 Å². The normalized spacial score (nSPS) is 7.44. The zero-order valence-electron chi connectivity index (χ0n) is 6.70. The molecule has 56 valence electrons. The highest BCUT2D eigenvalue weighted by atomic mass is 14.8. The summed E-state index contributed by atoms with van der Waals surface area (Å²) >= 11 is 0. The van der Waals surface area contributed by atoms with E-state index < -0.39 is 0 Å². The molecule has 9 heavy (non-hydrogen) atoms. The Kier molecular flexibility index (Phi) is 19.9. The monoisotopic (exact) mass is 130 g/mol. The van der Waals surface area contributed by atoms with Gasteiger partial charge in [0.1, 0.15) is 0 Å². The summed E-state index contributed by atoms with van der Waals surface area (Å²) in [4.78, 5) is 0. The predicted octanol–water partition coefficient (Wildman–Crippen LogP) is 1.66. The maximum atomic E-state index is 6.33. The molecule has 0 bridgehead atoms. The highest BCUT2D eigenvalue weighted by Crippen LogP contribution is 1.54. The van der Waals surface area contributed by atoms with Gasteiger partial charge in [0, 0.05) is 0 Å². The Morgan fingerprint density at radius 1 is 1.22 bits per heavy atom. The van der Waals surface area contributed by atoms with Crippen molar-refractivity contribution in [2.45, 2.75) is 27.2 Å². The van der Waals surface area contributed by atoms with Gasteiger partial charge in [0.05, 0.1) is 0 Å². The van der Waals surface area contributed by atoms with E-state index in [4.69, 9.17) is 5.41 Å². The minimum Gasteiger partial charge on any atom is -0.317 e. The van der Waals surface area contributed by atoms with E-state index in [0.717, 1.165) is 19.5 Å². The van der Waals surface area contributed by atoms with Gasteiger partial charge < -0.3 is 10.7 Å². The molecule has 0 aliphatic heterocycles. The van der Waals surface area contributed by atoms with Gasteiger partial charge in [-0.3, -0.25) is 0 Å². The molecule has 0 heterocycles. The van der Waals surface area contributed by atoms with Crippen LogP contribution in [0.3, 0.4) is 0 Å². The van der Waals surface area contributed by atoms with Crippen molar-refractivity contribution in [2.75, 3.05) is 13.1 Å². The van der Waals surface area contributed by atoms with Crippen LogP contribution in [0.4, 0.5) is 0 Å². The third-order valence-corrected chi connectivity index (χ3v) is 0.704. The van der Waals surface area contributed by atoms with Gasteiger partial charge in [-0.15, -0.1) is 0 Å². The summed E-state index contributed by atoms with van der Waals surface area (Å²) < 4.78 is 0. The van der Waals surface area contributed by atoms with Gasteiger partial charge in [-0.2, -0.15) is 0 Å². The fourth-order valence-electron chi connectivity index (χ4n) is 0.250. The smallest absolute Gasteiger partial charge is 0.00505 e. The second-order valence-corrected chi connectivity index (χ2v) is 1.57. The van der Waals surface area contributed by atoms with E-state index in [0.29, 0.717) is 0 Å². The van der Waals surface area contributed by atoms with Crippen molar-refractivity contribution >= 4 is 6.21 Å². The average Bonchev–Trinajstić information content (AvgIpc) is 1.91. The SMILES string of the molecule is CCC=N.CCNCC. The van der Waals surface area contributed by atoms with Crippen LogP contribution in [-0.2, 0) is 0 Å². The van der Waals surface area contributed by atoms with E-state index >= 15 is 0 Å². The molecule has 0 saturated carbocycles. The molecule has 2 heteroatoms. The number of hydrogen-bond acceptors (Lipinski definition) is 2. The van der Waals surface area contributed by atoms with Crippen molar-refractivity contribution in [1.29, 1.82) is 5.41 Å². The fraction of sp³-hybridized carbons (Fsp3) is 0.857. The van der Waals surface area contributed by atoms with E-state index in [1.165, 1.54) is 6.21 Å². The first-order valence-electron chi connectivity index (χ1n) is 3.53. The van der Waals surface area contributed by atoms with Crippen molar-refractivity contribution in [1.82, 2.24) is 5.32 Å². The summed E-state index contributed by atoms with van der Waals surface area (Å²) in [6.07, 6.45) is 2.24. The van der Waals surface area contributed by atoms with E-state index in [-0.39, 0.29) is 0 Å². The molecule has 0 spiro atoms. The molecule has 0 aromatic heterocycles. The van der Waals surface area contributed by atoms with Crippen LogP contribution < -0.4 is 5.32 Å². The summed E-state index contributed by atoms with van der Waals surface area (Å²) in [6.45, 7) is 8.33. The maximum absolute atomic E-state index is 6.33. The minimum atomic E-state index is 0.861. The first kappa shape index (κ1) is 11.4. The zero-order chi connectivity index (χ0) is 7.54. The predicted molar refractivity (Wildman–Crippen MR) is 43.3 cm³/mol. The fourth-order valence-corrected chi connectivity index (χ4v) is 0.250. The number of hydrogen-bond donors (Lipinski definition) is 2. The van der Waals surface area contributed by atoms with Gasteiger partial charge in [0.25, 0.3) is 0 Å². The Balaban J connectivity index is 0. The van der Waals surface area contributed by atoms with Crippen LogP contribution in [0.15, 0.2) is 0 Å². The van der Waals surface area contributed by atoms with Crippen LogP contribution in [0, 0.1) is 5.41 Å². The van der Waals surface area contributed by atoms with E-state index in [1.54, 1.807) is 0 Å². The number of rotatable bonds is 3. The van der Waals surface area contributed by atoms with Crippen LogP contribution in [-0.4, -0.2) is 19.3 Å². The summed E-state index contributed by atoms with van der Waals surface area (Å²) in [5, 5.41) is 9.44. The Bertz CT molecular complexity index is 42.2. The first-order chi connectivity index (χ1) is 4.33. The van der Waals surface area contributed by atoms with Gasteiger partial charge >= 0.3 is 0 Å². The van der Waals surface area contributed by atoms with Crippen molar-refractivity contribution in [2.24, 2.45) is 0 Å². The van der Waals surface area contributed by atoms with E-state index in [2.05, 4.69) is 19.2 Å². The molecule has 0 aliphatic carbocycles. The Morgan fingerprint density at radius 2 is 1.56 bits per heavy atom. The van der Waals surface area contributed by atoms with Crippen molar-refractivity contribution in [3.63, 3.8) is 0 Å². The maximum Gasteiger partial charge on any atom is -0.00505 e. The van der Waals surface area contributed by atoms with E-state index in [9.17, 15) is 0 Å². The Labute approximate surface area is 58.2 Å². The molecule has 0 fully saturated rings. The zero-order valence-corrected chi connectivity index (χ0v) is 6.70. The highest BCUT2D eigenvalue weighted by Gasteiger charge is 1.62. The van der Waals surface area contributed by atoms with Gasteiger partial charge in [-0.05, 0) is 25.7 Å².